The van der Waals surface area contributed by atoms with Crippen molar-refractivity contribution in [1.29, 1.82) is 0 Å². The number of alkyl halides is 2. The second-order valence-electron chi connectivity index (χ2n) is 6.36. The molecule has 0 amide bonds. The molecule has 0 heterocycles. The Morgan fingerprint density at radius 2 is 1.67 bits per heavy atom. The summed E-state index contributed by atoms with van der Waals surface area (Å²) in [6.07, 6.45) is 9.51. The maximum Gasteiger partial charge on any atom is 0.288 e. The van der Waals surface area contributed by atoms with E-state index in [9.17, 15) is 8.78 Å². The summed E-state index contributed by atoms with van der Waals surface area (Å²) < 4.78 is 24.6. The maximum atomic E-state index is 12.3. The summed E-state index contributed by atoms with van der Waals surface area (Å²) in [7, 11) is 0. The van der Waals surface area contributed by atoms with E-state index in [1.165, 1.54) is 44.9 Å². The van der Waals surface area contributed by atoms with E-state index in [2.05, 4.69) is 5.32 Å². The molecule has 2 aliphatic rings. The number of rotatable bonds is 4. The molecule has 0 radical (unpaired) electrons. The van der Waals surface area contributed by atoms with E-state index < -0.39 is 5.76 Å². The quantitative estimate of drug-likeness (QED) is 0.708. The van der Waals surface area contributed by atoms with Crippen LogP contribution in [0.4, 0.5) is 14.5 Å². The number of anilines is 1. The summed E-state index contributed by atoms with van der Waals surface area (Å²) in [6.45, 7) is 0. The predicted octanol–water partition coefficient (Wildman–Crippen LogP) is 5.77. The molecule has 1 nitrogen and oxygen atoms in total. The Morgan fingerprint density at radius 3 is 2.38 bits per heavy atom. The second kappa shape index (κ2) is 6.99. The fourth-order valence-electron chi connectivity index (χ4n) is 3.97. The van der Waals surface area contributed by atoms with E-state index in [-0.39, 0.29) is 0 Å². The molecular formula is C17H23F2NS. The molecule has 116 valence electrons. The maximum absolute atomic E-state index is 12.3. The van der Waals surface area contributed by atoms with Crippen molar-refractivity contribution in [3.05, 3.63) is 24.3 Å². The van der Waals surface area contributed by atoms with E-state index in [0.29, 0.717) is 22.7 Å². The molecule has 0 aliphatic heterocycles. The van der Waals surface area contributed by atoms with Gasteiger partial charge in [0.1, 0.15) is 0 Å². The molecule has 3 rings (SSSR count). The van der Waals surface area contributed by atoms with E-state index in [1.54, 1.807) is 12.1 Å². The molecule has 1 aromatic carbocycles. The monoisotopic (exact) mass is 311 g/mol. The van der Waals surface area contributed by atoms with E-state index in [1.807, 2.05) is 12.1 Å². The Hall–Kier alpha value is -0.770. The van der Waals surface area contributed by atoms with Gasteiger partial charge in [0, 0.05) is 16.6 Å². The molecule has 1 aromatic rings. The van der Waals surface area contributed by atoms with E-state index in [0.717, 1.165) is 17.5 Å². The number of hydrogen-bond acceptors (Lipinski definition) is 2. The van der Waals surface area contributed by atoms with Crippen LogP contribution in [0.1, 0.15) is 44.9 Å². The number of benzene rings is 1. The first kappa shape index (κ1) is 15.1. The summed E-state index contributed by atoms with van der Waals surface area (Å²) in [5.74, 6) is -0.481. The minimum Gasteiger partial charge on any atom is -0.382 e. The minimum absolute atomic E-state index is 0.554. The van der Waals surface area contributed by atoms with Crippen molar-refractivity contribution in [3.63, 3.8) is 0 Å². The Bertz CT molecular complexity index is 449. The topological polar surface area (TPSA) is 12.0 Å². The fraction of sp³-hybridized carbons (Fsp3) is 0.647. The van der Waals surface area contributed by atoms with Crippen LogP contribution in [-0.4, -0.2) is 11.8 Å². The van der Waals surface area contributed by atoms with Crippen molar-refractivity contribution >= 4 is 17.4 Å². The van der Waals surface area contributed by atoms with Gasteiger partial charge >= 0.3 is 0 Å². The van der Waals surface area contributed by atoms with Gasteiger partial charge in [-0.1, -0.05) is 37.4 Å². The van der Waals surface area contributed by atoms with Gasteiger partial charge in [-0.25, -0.2) is 0 Å². The van der Waals surface area contributed by atoms with Gasteiger partial charge in [-0.05, 0) is 55.4 Å². The molecule has 0 bridgehead atoms. The zero-order valence-corrected chi connectivity index (χ0v) is 13.0. The third-order valence-electron chi connectivity index (χ3n) is 4.99. The zero-order valence-electron chi connectivity index (χ0n) is 12.2. The Morgan fingerprint density at radius 1 is 0.952 bits per heavy atom. The average Bonchev–Trinajstić information content (AvgIpc) is 2.49. The summed E-state index contributed by atoms with van der Waals surface area (Å²) in [6, 6.07) is 7.98. The van der Waals surface area contributed by atoms with Gasteiger partial charge in [0.25, 0.3) is 5.76 Å². The van der Waals surface area contributed by atoms with Gasteiger partial charge in [0.15, 0.2) is 0 Å². The third-order valence-corrected chi connectivity index (χ3v) is 5.71. The van der Waals surface area contributed by atoms with Crippen molar-refractivity contribution in [1.82, 2.24) is 0 Å². The second-order valence-corrected chi connectivity index (χ2v) is 7.43. The van der Waals surface area contributed by atoms with Gasteiger partial charge < -0.3 is 5.32 Å². The normalized spacial score (nSPS) is 29.2. The molecule has 2 aliphatic carbocycles. The van der Waals surface area contributed by atoms with Crippen molar-refractivity contribution < 1.29 is 8.78 Å². The van der Waals surface area contributed by atoms with Crippen LogP contribution in [0, 0.1) is 11.8 Å². The fourth-order valence-corrected chi connectivity index (χ4v) is 4.47. The van der Waals surface area contributed by atoms with Crippen LogP contribution in [-0.2, 0) is 0 Å². The highest BCUT2D eigenvalue weighted by atomic mass is 32.2. The highest BCUT2D eigenvalue weighted by Gasteiger charge is 2.31. The zero-order chi connectivity index (χ0) is 14.7. The van der Waals surface area contributed by atoms with Crippen LogP contribution >= 0.6 is 11.8 Å². The van der Waals surface area contributed by atoms with Gasteiger partial charge in [-0.2, -0.15) is 8.78 Å². The van der Waals surface area contributed by atoms with Gasteiger partial charge in [0.05, 0.1) is 0 Å². The molecule has 4 heteroatoms. The molecule has 3 atom stereocenters. The summed E-state index contributed by atoms with van der Waals surface area (Å²) >= 11 is 0.607. The minimum atomic E-state index is -2.34. The number of fused-ring (bicyclic) bond motifs is 1. The molecule has 21 heavy (non-hydrogen) atoms. The van der Waals surface area contributed by atoms with Gasteiger partial charge in [0.2, 0.25) is 0 Å². The van der Waals surface area contributed by atoms with Crippen LogP contribution in [0.5, 0.6) is 0 Å². The lowest BCUT2D eigenvalue weighted by Gasteiger charge is -2.39. The van der Waals surface area contributed by atoms with Crippen LogP contribution in [0.2, 0.25) is 0 Å². The Kier molecular flexibility index (Phi) is 5.04. The van der Waals surface area contributed by atoms with Gasteiger partial charge in [-0.3, -0.25) is 0 Å². The largest absolute Gasteiger partial charge is 0.382 e. The van der Waals surface area contributed by atoms with E-state index >= 15 is 0 Å². The van der Waals surface area contributed by atoms with Crippen molar-refractivity contribution in [2.24, 2.45) is 11.8 Å². The third kappa shape index (κ3) is 4.12. The lowest BCUT2D eigenvalue weighted by Crippen LogP contribution is -2.34. The molecular weight excluding hydrogens is 288 g/mol. The first-order chi connectivity index (χ1) is 10.2. The molecule has 0 saturated heterocycles. The highest BCUT2D eigenvalue weighted by molar-refractivity contribution is 7.99. The van der Waals surface area contributed by atoms with Crippen molar-refractivity contribution in [2.75, 3.05) is 5.32 Å². The van der Waals surface area contributed by atoms with Crippen LogP contribution in [0.3, 0.4) is 0 Å². The van der Waals surface area contributed by atoms with Crippen LogP contribution < -0.4 is 5.32 Å². The smallest absolute Gasteiger partial charge is 0.288 e. The SMILES string of the molecule is FC(F)Sc1ccc(NC2CCC3CCCCC3C2)cc1. The average molecular weight is 311 g/mol. The number of halogens is 2. The van der Waals surface area contributed by atoms with E-state index in [4.69, 9.17) is 0 Å². The standard InChI is InChI=1S/C17H23F2NS/c18-17(19)21-16-9-7-14(8-10-16)20-15-6-5-12-3-1-2-4-13(12)11-15/h7-10,12-13,15,17,20H,1-6,11H2. The lowest BCUT2D eigenvalue weighted by atomic mass is 9.69. The van der Waals surface area contributed by atoms with Crippen LogP contribution in [0.15, 0.2) is 29.2 Å². The summed E-state index contributed by atoms with van der Waals surface area (Å²) in [4.78, 5) is 0.631. The molecule has 3 unspecified atom stereocenters. The molecule has 0 aromatic heterocycles. The molecule has 2 fully saturated rings. The Labute approximate surface area is 129 Å². The first-order valence-corrected chi connectivity index (χ1v) is 8.90. The van der Waals surface area contributed by atoms with Crippen molar-refractivity contribution in [3.8, 4) is 0 Å². The number of nitrogens with one attached hydrogen (secondary N) is 1. The number of thioether (sulfide) groups is 1. The molecule has 1 N–H and O–H groups in total. The lowest BCUT2D eigenvalue weighted by molar-refractivity contribution is 0.162. The Balaban J connectivity index is 1.54. The highest BCUT2D eigenvalue weighted by Crippen LogP contribution is 2.41. The number of hydrogen-bond donors (Lipinski definition) is 1. The van der Waals surface area contributed by atoms with Crippen molar-refractivity contribution in [2.45, 2.75) is 61.6 Å². The summed E-state index contributed by atoms with van der Waals surface area (Å²) in [5.41, 5.74) is 1.06. The molecule has 2 saturated carbocycles. The van der Waals surface area contributed by atoms with Gasteiger partial charge in [-0.15, -0.1) is 0 Å². The molecule has 0 spiro atoms. The first-order valence-electron chi connectivity index (χ1n) is 8.02. The predicted molar refractivity (Wildman–Crippen MR) is 85.0 cm³/mol. The summed E-state index contributed by atoms with van der Waals surface area (Å²) in [5, 5.41) is 3.60. The van der Waals surface area contributed by atoms with Crippen LogP contribution in [0.25, 0.3) is 0 Å².